The molecule has 5 nitrogen and oxygen atoms in total. The molecule has 0 aliphatic heterocycles. The molecule has 0 unspecified atom stereocenters. The largest absolute Gasteiger partial charge is 0.465 e. The molecule has 0 spiro atoms. The summed E-state index contributed by atoms with van der Waals surface area (Å²) in [5.74, 6) is -0.656. The van der Waals surface area contributed by atoms with Gasteiger partial charge in [-0.3, -0.25) is 4.79 Å². The van der Waals surface area contributed by atoms with Gasteiger partial charge in [0.25, 0.3) is 0 Å². The van der Waals surface area contributed by atoms with Crippen molar-refractivity contribution in [1.82, 2.24) is 4.57 Å². The van der Waals surface area contributed by atoms with Gasteiger partial charge in [-0.25, -0.2) is 4.79 Å². The SMILES string of the molecule is CCn1cc(C(=O)OC)c(=O)c(-c2ccc(Cl)cc2)c1COC. The first-order chi connectivity index (χ1) is 11.0. The van der Waals surface area contributed by atoms with Crippen molar-refractivity contribution >= 4 is 17.6 Å². The lowest BCUT2D eigenvalue weighted by Gasteiger charge is -2.17. The Balaban J connectivity index is 2.81. The topological polar surface area (TPSA) is 57.5 Å². The number of esters is 1. The molecular weight excluding hydrogens is 318 g/mol. The molecule has 23 heavy (non-hydrogen) atoms. The molecule has 1 aromatic carbocycles. The van der Waals surface area contributed by atoms with Crippen LogP contribution in [0.5, 0.6) is 0 Å². The van der Waals surface area contributed by atoms with Crippen LogP contribution in [0, 0.1) is 0 Å². The number of benzene rings is 1. The van der Waals surface area contributed by atoms with Crippen LogP contribution in [0.25, 0.3) is 11.1 Å². The number of hydrogen-bond donors (Lipinski definition) is 0. The van der Waals surface area contributed by atoms with Crippen LogP contribution in [-0.4, -0.2) is 24.8 Å². The highest BCUT2D eigenvalue weighted by molar-refractivity contribution is 6.30. The van der Waals surface area contributed by atoms with E-state index in [1.807, 2.05) is 11.5 Å². The van der Waals surface area contributed by atoms with E-state index in [4.69, 9.17) is 21.1 Å². The summed E-state index contributed by atoms with van der Waals surface area (Å²) >= 11 is 5.92. The minimum absolute atomic E-state index is 0.000784. The summed E-state index contributed by atoms with van der Waals surface area (Å²) in [6.07, 6.45) is 1.52. The molecule has 0 radical (unpaired) electrons. The van der Waals surface area contributed by atoms with Gasteiger partial charge in [0.1, 0.15) is 5.56 Å². The highest BCUT2D eigenvalue weighted by Gasteiger charge is 2.21. The van der Waals surface area contributed by atoms with Gasteiger partial charge in [-0.15, -0.1) is 0 Å². The van der Waals surface area contributed by atoms with Crippen LogP contribution in [-0.2, 0) is 22.6 Å². The van der Waals surface area contributed by atoms with Crippen LogP contribution in [0.2, 0.25) is 5.02 Å². The Bertz CT molecular complexity index is 765. The van der Waals surface area contributed by atoms with E-state index < -0.39 is 5.97 Å². The summed E-state index contributed by atoms with van der Waals surface area (Å²) in [5.41, 5.74) is 1.43. The Labute approximate surface area is 139 Å². The van der Waals surface area contributed by atoms with E-state index in [-0.39, 0.29) is 17.6 Å². The Morgan fingerprint density at radius 2 is 1.87 bits per heavy atom. The number of carbonyl (C=O) groups excluding carboxylic acids is 1. The first-order valence-electron chi connectivity index (χ1n) is 7.13. The first-order valence-corrected chi connectivity index (χ1v) is 7.50. The third kappa shape index (κ3) is 3.46. The molecule has 0 N–H and O–H groups in total. The number of methoxy groups -OCH3 is 2. The van der Waals surface area contributed by atoms with E-state index in [1.165, 1.54) is 13.3 Å². The van der Waals surface area contributed by atoms with Gasteiger partial charge in [-0.05, 0) is 24.6 Å². The fourth-order valence-electron chi connectivity index (χ4n) is 2.45. The zero-order chi connectivity index (χ0) is 17.0. The van der Waals surface area contributed by atoms with E-state index >= 15 is 0 Å². The Hall–Kier alpha value is -2.11. The van der Waals surface area contributed by atoms with Crippen molar-refractivity contribution in [3.05, 3.63) is 57.0 Å². The summed E-state index contributed by atoms with van der Waals surface area (Å²) in [5, 5.41) is 0.571. The lowest BCUT2D eigenvalue weighted by Crippen LogP contribution is -2.24. The van der Waals surface area contributed by atoms with Crippen molar-refractivity contribution in [2.45, 2.75) is 20.1 Å². The molecule has 0 saturated heterocycles. The predicted octanol–water partition coefficient (Wildman–Crippen LogP) is 3.12. The van der Waals surface area contributed by atoms with Gasteiger partial charge >= 0.3 is 5.97 Å². The Morgan fingerprint density at radius 3 is 2.39 bits per heavy atom. The van der Waals surface area contributed by atoms with Crippen LogP contribution in [0.4, 0.5) is 0 Å². The van der Waals surface area contributed by atoms with Gasteiger partial charge in [0.2, 0.25) is 5.43 Å². The first kappa shape index (κ1) is 17.2. The second kappa shape index (κ2) is 7.44. The van der Waals surface area contributed by atoms with Gasteiger partial charge in [-0.1, -0.05) is 23.7 Å². The summed E-state index contributed by atoms with van der Waals surface area (Å²) in [7, 11) is 2.81. The molecule has 0 fully saturated rings. The molecule has 0 atom stereocenters. The number of pyridine rings is 1. The third-order valence-electron chi connectivity index (χ3n) is 3.55. The zero-order valence-corrected chi connectivity index (χ0v) is 14.0. The average Bonchev–Trinajstić information content (AvgIpc) is 2.56. The molecule has 6 heteroatoms. The molecule has 0 bridgehead atoms. The van der Waals surface area contributed by atoms with E-state index in [0.717, 1.165) is 0 Å². The summed E-state index contributed by atoms with van der Waals surface area (Å²) in [4.78, 5) is 24.7. The Morgan fingerprint density at radius 1 is 1.22 bits per heavy atom. The fraction of sp³-hybridized carbons (Fsp3) is 0.294. The van der Waals surface area contributed by atoms with Gasteiger partial charge in [-0.2, -0.15) is 0 Å². The van der Waals surface area contributed by atoms with E-state index in [9.17, 15) is 9.59 Å². The number of halogens is 1. The third-order valence-corrected chi connectivity index (χ3v) is 3.80. The molecule has 2 rings (SSSR count). The summed E-state index contributed by atoms with van der Waals surface area (Å²) < 4.78 is 11.8. The minimum Gasteiger partial charge on any atom is -0.465 e. The number of nitrogens with zero attached hydrogens (tertiary/aromatic N) is 1. The molecule has 0 amide bonds. The smallest absolute Gasteiger partial charge is 0.343 e. The van der Waals surface area contributed by atoms with Crippen LogP contribution < -0.4 is 5.43 Å². The standard InChI is InChI=1S/C17H18ClNO4/c1-4-19-9-13(17(21)23-3)16(20)15(14(19)10-22-2)11-5-7-12(18)8-6-11/h5-9H,4,10H2,1-3H3. The summed E-state index contributed by atoms with van der Waals surface area (Å²) in [6, 6.07) is 6.90. The minimum atomic E-state index is -0.656. The number of carbonyl (C=O) groups is 1. The van der Waals surface area contributed by atoms with E-state index in [1.54, 1.807) is 31.4 Å². The van der Waals surface area contributed by atoms with Crippen molar-refractivity contribution in [3.63, 3.8) is 0 Å². The number of aromatic nitrogens is 1. The van der Waals surface area contributed by atoms with E-state index in [0.29, 0.717) is 28.4 Å². The number of ether oxygens (including phenoxy) is 2. The maximum absolute atomic E-state index is 12.8. The van der Waals surface area contributed by atoms with Crippen LogP contribution >= 0.6 is 11.6 Å². The molecule has 1 aromatic heterocycles. The quantitative estimate of drug-likeness (QED) is 0.788. The van der Waals surface area contributed by atoms with Gasteiger partial charge in [0.05, 0.1) is 25.0 Å². The second-order valence-corrected chi connectivity index (χ2v) is 5.35. The molecule has 1 heterocycles. The number of hydrogen-bond acceptors (Lipinski definition) is 4. The predicted molar refractivity (Wildman–Crippen MR) is 88.9 cm³/mol. The average molecular weight is 336 g/mol. The van der Waals surface area contributed by atoms with Crippen molar-refractivity contribution in [3.8, 4) is 11.1 Å². The van der Waals surface area contributed by atoms with Crippen molar-refractivity contribution in [2.75, 3.05) is 14.2 Å². The zero-order valence-electron chi connectivity index (χ0n) is 13.3. The molecular formula is C17H18ClNO4. The summed E-state index contributed by atoms with van der Waals surface area (Å²) in [6.45, 7) is 2.77. The fourth-order valence-corrected chi connectivity index (χ4v) is 2.57. The molecule has 0 aliphatic rings. The van der Waals surface area contributed by atoms with Gasteiger partial charge in [0, 0.05) is 24.9 Å². The van der Waals surface area contributed by atoms with Crippen molar-refractivity contribution in [2.24, 2.45) is 0 Å². The second-order valence-electron chi connectivity index (χ2n) is 4.91. The highest BCUT2D eigenvalue weighted by atomic mass is 35.5. The normalized spacial score (nSPS) is 10.6. The lowest BCUT2D eigenvalue weighted by atomic mass is 10.0. The molecule has 0 saturated carbocycles. The number of aryl methyl sites for hydroxylation is 1. The monoisotopic (exact) mass is 335 g/mol. The molecule has 122 valence electrons. The molecule has 0 aliphatic carbocycles. The maximum Gasteiger partial charge on any atom is 0.343 e. The number of rotatable bonds is 5. The van der Waals surface area contributed by atoms with Crippen LogP contribution in [0.3, 0.4) is 0 Å². The molecule has 2 aromatic rings. The van der Waals surface area contributed by atoms with Crippen LogP contribution in [0.15, 0.2) is 35.3 Å². The maximum atomic E-state index is 12.8. The van der Waals surface area contributed by atoms with Crippen molar-refractivity contribution < 1.29 is 14.3 Å². The lowest BCUT2D eigenvalue weighted by molar-refractivity contribution is 0.0598. The highest BCUT2D eigenvalue weighted by Crippen LogP contribution is 2.24. The van der Waals surface area contributed by atoms with Crippen LogP contribution in [0.1, 0.15) is 23.0 Å². The van der Waals surface area contributed by atoms with Crippen molar-refractivity contribution in [1.29, 1.82) is 0 Å². The van der Waals surface area contributed by atoms with E-state index in [2.05, 4.69) is 0 Å². The van der Waals surface area contributed by atoms with Gasteiger partial charge in [0.15, 0.2) is 0 Å². The Kier molecular flexibility index (Phi) is 5.58. The van der Waals surface area contributed by atoms with Gasteiger partial charge < -0.3 is 14.0 Å².